The van der Waals surface area contributed by atoms with Crippen LogP contribution in [0.2, 0.25) is 0 Å². The van der Waals surface area contributed by atoms with E-state index >= 15 is 0 Å². The lowest BCUT2D eigenvalue weighted by molar-refractivity contribution is -0.117. The van der Waals surface area contributed by atoms with Gasteiger partial charge in [-0.3, -0.25) is 9.59 Å². The molecule has 0 atom stereocenters. The minimum absolute atomic E-state index is 0.0269. The first kappa shape index (κ1) is 21.1. The zero-order valence-corrected chi connectivity index (χ0v) is 17.0. The summed E-state index contributed by atoms with van der Waals surface area (Å²) in [5.74, 6) is -0.181. The molecule has 2 amide bonds. The molecule has 0 aliphatic rings. The van der Waals surface area contributed by atoms with E-state index in [1.807, 2.05) is 42.1 Å². The van der Waals surface area contributed by atoms with Crippen LogP contribution >= 0.6 is 0 Å². The number of carbonyl (C=O) groups is 2. The van der Waals surface area contributed by atoms with E-state index in [2.05, 4.69) is 10.6 Å². The van der Waals surface area contributed by atoms with Gasteiger partial charge in [-0.2, -0.15) is 0 Å². The van der Waals surface area contributed by atoms with E-state index in [0.717, 1.165) is 16.5 Å². The number of aryl methyl sites for hydroxylation is 1. The molecule has 7 nitrogen and oxygen atoms in total. The van der Waals surface area contributed by atoms with Gasteiger partial charge in [-0.05, 0) is 42.8 Å². The molecule has 0 unspecified atom stereocenters. The zero-order valence-electron chi connectivity index (χ0n) is 17.0. The summed E-state index contributed by atoms with van der Waals surface area (Å²) in [6.45, 7) is 0.279. The number of rotatable bonds is 8. The smallest absolute Gasteiger partial charge is 0.267 e. The molecule has 156 valence electrons. The molecule has 3 rings (SSSR count). The van der Waals surface area contributed by atoms with Gasteiger partial charge >= 0.3 is 0 Å². The number of nitrogens with zero attached hydrogens (tertiary/aromatic N) is 1. The number of ether oxygens (including phenoxy) is 1. The van der Waals surface area contributed by atoms with Crippen molar-refractivity contribution >= 4 is 28.8 Å². The molecular formula is C23H25N3O4. The first-order valence-electron chi connectivity index (χ1n) is 9.63. The number of hydrogen-bond donors (Lipinski definition) is 3. The fourth-order valence-electron chi connectivity index (χ4n) is 3.12. The molecule has 2 aromatic carbocycles. The van der Waals surface area contributed by atoms with Crippen molar-refractivity contribution in [3.05, 3.63) is 71.6 Å². The number of nitrogens with one attached hydrogen (secondary N) is 2. The fraction of sp³-hybridized carbons (Fsp3) is 0.217. The largest absolute Gasteiger partial charge is 0.497 e. The minimum atomic E-state index is -0.418. The van der Waals surface area contributed by atoms with Crippen LogP contribution in [0.1, 0.15) is 22.3 Å². The Kier molecular flexibility index (Phi) is 6.87. The number of aromatic nitrogens is 1. The molecule has 30 heavy (non-hydrogen) atoms. The average molecular weight is 407 g/mol. The molecule has 0 spiro atoms. The number of benzene rings is 2. The molecule has 0 saturated heterocycles. The molecule has 0 aliphatic heterocycles. The van der Waals surface area contributed by atoms with Crippen LogP contribution in [0.3, 0.4) is 0 Å². The van der Waals surface area contributed by atoms with Gasteiger partial charge in [-0.1, -0.05) is 18.2 Å². The maximum absolute atomic E-state index is 12.7. The molecule has 0 saturated carbocycles. The number of carbonyl (C=O) groups excluding carboxylic acids is 2. The highest BCUT2D eigenvalue weighted by atomic mass is 16.5. The Balaban J connectivity index is 1.92. The average Bonchev–Trinajstić information content (AvgIpc) is 3.09. The second-order valence-corrected chi connectivity index (χ2v) is 6.79. The highest BCUT2D eigenvalue weighted by molar-refractivity contribution is 6.06. The van der Waals surface area contributed by atoms with Crippen LogP contribution in [-0.2, 0) is 11.8 Å². The molecule has 0 bridgehead atoms. The number of methoxy groups -OCH3 is 1. The predicted molar refractivity (Wildman–Crippen MR) is 116 cm³/mol. The highest BCUT2D eigenvalue weighted by Crippen LogP contribution is 2.22. The Labute approximate surface area is 175 Å². The van der Waals surface area contributed by atoms with Gasteiger partial charge < -0.3 is 25.0 Å². The third-order valence-electron chi connectivity index (χ3n) is 4.69. The van der Waals surface area contributed by atoms with Crippen molar-refractivity contribution in [2.45, 2.75) is 6.42 Å². The maximum atomic E-state index is 12.7. The Morgan fingerprint density at radius 1 is 1.13 bits per heavy atom. The SMILES string of the molecule is COc1ccc(C(=O)NC(=Cc2cn(C)c3ccccc23)C(=O)NCCCO)cc1. The molecule has 0 fully saturated rings. The van der Waals surface area contributed by atoms with Gasteiger partial charge in [-0.15, -0.1) is 0 Å². The normalized spacial score (nSPS) is 11.4. The summed E-state index contributed by atoms with van der Waals surface area (Å²) in [6.07, 6.45) is 4.00. The van der Waals surface area contributed by atoms with Crippen LogP contribution in [0.25, 0.3) is 17.0 Å². The van der Waals surface area contributed by atoms with E-state index in [9.17, 15) is 9.59 Å². The van der Waals surface area contributed by atoms with Crippen molar-refractivity contribution in [1.82, 2.24) is 15.2 Å². The van der Waals surface area contributed by atoms with Gasteiger partial charge in [0.2, 0.25) is 0 Å². The van der Waals surface area contributed by atoms with Crippen molar-refractivity contribution in [2.24, 2.45) is 7.05 Å². The van der Waals surface area contributed by atoms with Crippen molar-refractivity contribution < 1.29 is 19.4 Å². The third kappa shape index (κ3) is 4.87. The predicted octanol–water partition coefficient (Wildman–Crippen LogP) is 2.46. The van der Waals surface area contributed by atoms with Crippen LogP contribution in [-0.4, -0.2) is 41.7 Å². The number of aliphatic hydroxyl groups excluding tert-OH is 1. The van der Waals surface area contributed by atoms with E-state index < -0.39 is 11.8 Å². The number of aliphatic hydroxyl groups is 1. The second kappa shape index (κ2) is 9.76. The quantitative estimate of drug-likeness (QED) is 0.395. The van der Waals surface area contributed by atoms with Gasteiger partial charge in [0, 0.05) is 48.4 Å². The first-order chi connectivity index (χ1) is 14.5. The summed E-state index contributed by atoms with van der Waals surface area (Å²) >= 11 is 0. The first-order valence-corrected chi connectivity index (χ1v) is 9.63. The van der Waals surface area contributed by atoms with Gasteiger partial charge in [0.1, 0.15) is 11.4 Å². The van der Waals surface area contributed by atoms with E-state index in [1.165, 1.54) is 0 Å². The fourth-order valence-corrected chi connectivity index (χ4v) is 3.12. The Hall–Kier alpha value is -3.58. The topological polar surface area (TPSA) is 92.6 Å². The van der Waals surface area contributed by atoms with Crippen LogP contribution in [0.15, 0.2) is 60.4 Å². The molecule has 3 aromatic rings. The van der Waals surface area contributed by atoms with Crippen molar-refractivity contribution in [1.29, 1.82) is 0 Å². The summed E-state index contributed by atoms with van der Waals surface area (Å²) in [6, 6.07) is 14.5. The second-order valence-electron chi connectivity index (χ2n) is 6.79. The molecule has 3 N–H and O–H groups in total. The summed E-state index contributed by atoms with van der Waals surface area (Å²) in [7, 11) is 3.48. The van der Waals surface area contributed by atoms with Crippen molar-refractivity contribution in [2.75, 3.05) is 20.3 Å². The molecule has 1 aromatic heterocycles. The van der Waals surface area contributed by atoms with E-state index in [0.29, 0.717) is 24.3 Å². The van der Waals surface area contributed by atoms with Crippen LogP contribution in [0, 0.1) is 0 Å². The van der Waals surface area contributed by atoms with Crippen LogP contribution in [0.5, 0.6) is 5.75 Å². The number of para-hydroxylation sites is 1. The standard InChI is InChI=1S/C23H25N3O4/c1-26-15-17(19-6-3-4-7-21(19)26)14-20(23(29)24-12-5-13-27)25-22(28)16-8-10-18(30-2)11-9-16/h3-4,6-11,14-15,27H,5,12-13H2,1-2H3,(H,24,29)(H,25,28). The maximum Gasteiger partial charge on any atom is 0.267 e. The highest BCUT2D eigenvalue weighted by Gasteiger charge is 2.16. The molecule has 0 aliphatic carbocycles. The Bertz CT molecular complexity index is 1070. The monoisotopic (exact) mass is 407 g/mol. The van der Waals surface area contributed by atoms with E-state index in [1.54, 1.807) is 37.5 Å². The lowest BCUT2D eigenvalue weighted by Crippen LogP contribution is -2.35. The van der Waals surface area contributed by atoms with Gasteiger partial charge in [0.05, 0.1) is 7.11 Å². The van der Waals surface area contributed by atoms with Gasteiger partial charge in [0.15, 0.2) is 0 Å². The lowest BCUT2D eigenvalue weighted by atomic mass is 10.1. The van der Waals surface area contributed by atoms with Crippen molar-refractivity contribution in [3.8, 4) is 5.75 Å². The zero-order chi connectivity index (χ0) is 21.5. The summed E-state index contributed by atoms with van der Waals surface area (Å²) in [5, 5.41) is 15.4. The number of hydrogen-bond acceptors (Lipinski definition) is 4. The Morgan fingerprint density at radius 2 is 1.87 bits per heavy atom. The van der Waals surface area contributed by atoms with Crippen molar-refractivity contribution in [3.63, 3.8) is 0 Å². The summed E-state index contributed by atoms with van der Waals surface area (Å²) in [4.78, 5) is 25.5. The van der Waals surface area contributed by atoms with Crippen LogP contribution < -0.4 is 15.4 Å². The van der Waals surface area contributed by atoms with Gasteiger partial charge in [0.25, 0.3) is 11.8 Å². The van der Waals surface area contributed by atoms with Crippen LogP contribution in [0.4, 0.5) is 0 Å². The Morgan fingerprint density at radius 3 is 2.57 bits per heavy atom. The third-order valence-corrected chi connectivity index (χ3v) is 4.69. The van der Waals surface area contributed by atoms with E-state index in [-0.39, 0.29) is 12.3 Å². The molecule has 0 radical (unpaired) electrons. The number of fused-ring (bicyclic) bond motifs is 1. The molecular weight excluding hydrogens is 382 g/mol. The number of amides is 2. The lowest BCUT2D eigenvalue weighted by Gasteiger charge is -2.11. The minimum Gasteiger partial charge on any atom is -0.497 e. The van der Waals surface area contributed by atoms with Gasteiger partial charge in [-0.25, -0.2) is 0 Å². The summed E-state index contributed by atoms with van der Waals surface area (Å²) in [5.41, 5.74) is 2.37. The molecule has 1 heterocycles. The molecule has 7 heteroatoms. The summed E-state index contributed by atoms with van der Waals surface area (Å²) < 4.78 is 7.08. The van der Waals surface area contributed by atoms with E-state index in [4.69, 9.17) is 9.84 Å².